The van der Waals surface area contributed by atoms with Gasteiger partial charge < -0.3 is 24.6 Å². The number of aromatic nitrogens is 2. The van der Waals surface area contributed by atoms with Gasteiger partial charge in [-0.25, -0.2) is 14.8 Å². The van der Waals surface area contributed by atoms with E-state index in [0.29, 0.717) is 18.0 Å². The lowest BCUT2D eigenvalue weighted by atomic mass is 10.0. The summed E-state index contributed by atoms with van der Waals surface area (Å²) in [6, 6.07) is 4.04. The first-order chi connectivity index (χ1) is 13.6. The van der Waals surface area contributed by atoms with Gasteiger partial charge in [-0.2, -0.15) is 0 Å². The maximum atomic E-state index is 12.2. The fourth-order valence-electron chi connectivity index (χ4n) is 3.61. The molecule has 8 heteroatoms. The van der Waals surface area contributed by atoms with Crippen LogP contribution in [0.3, 0.4) is 0 Å². The van der Waals surface area contributed by atoms with Crippen molar-refractivity contribution < 1.29 is 14.3 Å². The van der Waals surface area contributed by atoms with E-state index in [1.54, 1.807) is 20.5 Å². The number of rotatable bonds is 6. The SMILES string of the molecule is CCCNC(=O)N(C)C1CCN(c2ncnc3cc(OC)c(OC)cc23)CC1. The predicted molar refractivity (Wildman–Crippen MR) is 109 cm³/mol. The number of hydrogen-bond donors (Lipinski definition) is 1. The highest BCUT2D eigenvalue weighted by atomic mass is 16.5. The molecule has 152 valence electrons. The zero-order valence-electron chi connectivity index (χ0n) is 17.1. The number of benzene rings is 1. The van der Waals surface area contributed by atoms with Gasteiger partial charge in [0.1, 0.15) is 12.1 Å². The highest BCUT2D eigenvalue weighted by Gasteiger charge is 2.27. The lowest BCUT2D eigenvalue weighted by Gasteiger charge is -2.37. The molecule has 2 heterocycles. The van der Waals surface area contributed by atoms with E-state index < -0.39 is 0 Å². The number of carbonyl (C=O) groups excluding carboxylic acids is 1. The number of ether oxygens (including phenoxy) is 2. The summed E-state index contributed by atoms with van der Waals surface area (Å²) in [6.45, 7) is 4.42. The van der Waals surface area contributed by atoms with E-state index in [1.807, 2.05) is 24.1 Å². The van der Waals surface area contributed by atoms with Gasteiger partial charge in [-0.3, -0.25) is 0 Å². The lowest BCUT2D eigenvalue weighted by molar-refractivity contribution is 0.180. The number of piperidine rings is 1. The van der Waals surface area contributed by atoms with Gasteiger partial charge in [-0.1, -0.05) is 6.92 Å². The number of hydrogen-bond acceptors (Lipinski definition) is 6. The first-order valence-electron chi connectivity index (χ1n) is 9.71. The summed E-state index contributed by atoms with van der Waals surface area (Å²) in [5, 5.41) is 3.88. The molecular formula is C20H29N5O3. The standard InChI is InChI=1S/C20H29N5O3/c1-5-8-21-20(26)24(2)14-6-9-25(10-7-14)19-15-11-17(27-3)18(28-4)12-16(15)22-13-23-19/h11-14H,5-10H2,1-4H3,(H,21,26). The topological polar surface area (TPSA) is 79.8 Å². The molecule has 0 radical (unpaired) electrons. The summed E-state index contributed by atoms with van der Waals surface area (Å²) in [5.41, 5.74) is 0.820. The van der Waals surface area contributed by atoms with E-state index >= 15 is 0 Å². The molecule has 8 nitrogen and oxygen atoms in total. The van der Waals surface area contributed by atoms with Crippen LogP contribution in [0.4, 0.5) is 10.6 Å². The molecule has 0 spiro atoms. The second-order valence-corrected chi connectivity index (χ2v) is 6.98. The second kappa shape index (κ2) is 8.95. The van der Waals surface area contributed by atoms with Crippen LogP contribution in [0.1, 0.15) is 26.2 Å². The van der Waals surface area contributed by atoms with Crippen LogP contribution in [0, 0.1) is 0 Å². The smallest absolute Gasteiger partial charge is 0.317 e. The third kappa shape index (κ3) is 4.05. The van der Waals surface area contributed by atoms with Crippen molar-refractivity contribution >= 4 is 22.8 Å². The number of anilines is 1. The van der Waals surface area contributed by atoms with Crippen molar-refractivity contribution in [2.24, 2.45) is 0 Å². The average Bonchev–Trinajstić information content (AvgIpc) is 2.75. The van der Waals surface area contributed by atoms with Crippen molar-refractivity contribution in [3.8, 4) is 11.5 Å². The summed E-state index contributed by atoms with van der Waals surface area (Å²) >= 11 is 0. The molecule has 1 aromatic heterocycles. The third-order valence-electron chi connectivity index (χ3n) is 5.28. The summed E-state index contributed by atoms with van der Waals surface area (Å²) in [6.07, 6.45) is 4.32. The Morgan fingerprint density at radius 2 is 1.89 bits per heavy atom. The largest absolute Gasteiger partial charge is 0.493 e. The van der Waals surface area contributed by atoms with Gasteiger partial charge in [0.25, 0.3) is 0 Å². The van der Waals surface area contributed by atoms with Crippen LogP contribution < -0.4 is 19.7 Å². The summed E-state index contributed by atoms with van der Waals surface area (Å²) in [7, 11) is 5.12. The van der Waals surface area contributed by atoms with Gasteiger partial charge in [-0.05, 0) is 25.3 Å². The molecule has 0 bridgehead atoms. The number of amides is 2. The normalized spacial score (nSPS) is 14.8. The zero-order chi connectivity index (χ0) is 20.1. The minimum Gasteiger partial charge on any atom is -0.493 e. The molecule has 1 aromatic carbocycles. The van der Waals surface area contributed by atoms with Gasteiger partial charge in [0.2, 0.25) is 0 Å². The summed E-state index contributed by atoms with van der Waals surface area (Å²) in [5.74, 6) is 2.20. The van der Waals surface area contributed by atoms with Crippen LogP contribution in [0.2, 0.25) is 0 Å². The number of nitrogens with zero attached hydrogens (tertiary/aromatic N) is 4. The highest BCUT2D eigenvalue weighted by Crippen LogP contribution is 2.35. The minimum atomic E-state index is 0.00428. The van der Waals surface area contributed by atoms with Crippen molar-refractivity contribution in [1.29, 1.82) is 0 Å². The Bertz CT molecular complexity index is 821. The molecule has 1 fully saturated rings. The Kier molecular flexibility index (Phi) is 6.38. The van der Waals surface area contributed by atoms with Gasteiger partial charge in [0.05, 0.1) is 19.7 Å². The van der Waals surface area contributed by atoms with Crippen molar-refractivity contribution in [2.75, 3.05) is 45.8 Å². The Hall–Kier alpha value is -2.77. The fourth-order valence-corrected chi connectivity index (χ4v) is 3.61. The van der Waals surface area contributed by atoms with Gasteiger partial charge in [0.15, 0.2) is 11.5 Å². The first-order valence-corrected chi connectivity index (χ1v) is 9.71. The molecule has 2 aromatic rings. The van der Waals surface area contributed by atoms with E-state index in [9.17, 15) is 4.79 Å². The minimum absolute atomic E-state index is 0.00428. The van der Waals surface area contributed by atoms with Crippen molar-refractivity contribution in [3.63, 3.8) is 0 Å². The van der Waals surface area contributed by atoms with E-state index in [1.165, 1.54) is 0 Å². The molecule has 3 rings (SSSR count). The molecular weight excluding hydrogens is 358 g/mol. The van der Waals surface area contributed by atoms with Crippen LogP contribution in [-0.4, -0.2) is 67.8 Å². The third-order valence-corrected chi connectivity index (χ3v) is 5.28. The van der Waals surface area contributed by atoms with Crippen LogP contribution >= 0.6 is 0 Å². The fraction of sp³-hybridized carbons (Fsp3) is 0.550. The molecule has 1 aliphatic rings. The second-order valence-electron chi connectivity index (χ2n) is 6.98. The first kappa shape index (κ1) is 20.0. The monoisotopic (exact) mass is 387 g/mol. The van der Waals surface area contributed by atoms with Crippen LogP contribution in [0.5, 0.6) is 11.5 Å². The molecule has 1 N–H and O–H groups in total. The molecule has 1 saturated heterocycles. The van der Waals surface area contributed by atoms with E-state index in [2.05, 4.69) is 27.1 Å². The van der Waals surface area contributed by atoms with Gasteiger partial charge in [0, 0.05) is 44.2 Å². The molecule has 28 heavy (non-hydrogen) atoms. The quantitative estimate of drug-likeness (QED) is 0.821. The lowest BCUT2D eigenvalue weighted by Crippen LogP contribution is -2.49. The molecule has 2 amide bonds. The summed E-state index contributed by atoms with van der Waals surface area (Å²) < 4.78 is 10.8. The Labute approximate surface area is 165 Å². The van der Waals surface area contributed by atoms with Gasteiger partial charge in [-0.15, -0.1) is 0 Å². The van der Waals surface area contributed by atoms with E-state index in [0.717, 1.165) is 49.1 Å². The Morgan fingerprint density at radius 3 is 2.54 bits per heavy atom. The summed E-state index contributed by atoms with van der Waals surface area (Å²) in [4.78, 5) is 25.2. The maximum absolute atomic E-state index is 12.2. The number of methoxy groups -OCH3 is 2. The maximum Gasteiger partial charge on any atom is 0.317 e. The van der Waals surface area contributed by atoms with Gasteiger partial charge >= 0.3 is 6.03 Å². The number of carbonyl (C=O) groups is 1. The van der Waals surface area contributed by atoms with Crippen LogP contribution in [0.15, 0.2) is 18.5 Å². The highest BCUT2D eigenvalue weighted by molar-refractivity contribution is 5.92. The number of nitrogens with one attached hydrogen (secondary N) is 1. The molecule has 0 atom stereocenters. The average molecular weight is 387 g/mol. The van der Waals surface area contributed by atoms with Crippen LogP contribution in [-0.2, 0) is 0 Å². The molecule has 0 unspecified atom stereocenters. The molecule has 0 saturated carbocycles. The number of fused-ring (bicyclic) bond motifs is 1. The zero-order valence-corrected chi connectivity index (χ0v) is 17.1. The molecule has 0 aliphatic carbocycles. The number of urea groups is 1. The Morgan fingerprint density at radius 1 is 1.21 bits per heavy atom. The van der Waals surface area contributed by atoms with Crippen molar-refractivity contribution in [3.05, 3.63) is 18.5 Å². The van der Waals surface area contributed by atoms with Crippen LogP contribution in [0.25, 0.3) is 10.9 Å². The van der Waals surface area contributed by atoms with E-state index in [-0.39, 0.29) is 12.1 Å². The Balaban J connectivity index is 1.75. The van der Waals surface area contributed by atoms with Crippen molar-refractivity contribution in [2.45, 2.75) is 32.2 Å². The molecule has 1 aliphatic heterocycles. The van der Waals surface area contributed by atoms with E-state index in [4.69, 9.17) is 9.47 Å². The predicted octanol–water partition coefficient (Wildman–Crippen LogP) is 2.67. The van der Waals surface area contributed by atoms with Crippen molar-refractivity contribution in [1.82, 2.24) is 20.2 Å².